The zero-order chi connectivity index (χ0) is 22.6. The molecule has 3 N–H and O–H groups in total. The van der Waals surface area contributed by atoms with E-state index in [1.54, 1.807) is 24.3 Å². The number of carbonyl (C=O) groups is 3. The van der Waals surface area contributed by atoms with Crippen LogP contribution < -0.4 is 16.0 Å². The number of carbonyl (C=O) groups excluding carboxylic acids is 3. The summed E-state index contributed by atoms with van der Waals surface area (Å²) < 4.78 is 0. The lowest BCUT2D eigenvalue weighted by Gasteiger charge is -2.15. The lowest BCUT2D eigenvalue weighted by atomic mass is 9.99. The highest BCUT2D eigenvalue weighted by Gasteiger charge is 2.19. The first-order valence-electron chi connectivity index (χ1n) is 11.0. The summed E-state index contributed by atoms with van der Waals surface area (Å²) in [4.78, 5) is 37.3. The fourth-order valence-corrected chi connectivity index (χ4v) is 3.31. The third-order valence-electron chi connectivity index (χ3n) is 5.42. The van der Waals surface area contributed by atoms with Crippen molar-refractivity contribution in [1.29, 1.82) is 0 Å². The predicted molar refractivity (Wildman–Crippen MR) is 124 cm³/mol. The van der Waals surface area contributed by atoms with Crippen molar-refractivity contribution in [3.05, 3.63) is 65.2 Å². The Kier molecular flexibility index (Phi) is 9.75. The molecule has 0 fully saturated rings. The van der Waals surface area contributed by atoms with Gasteiger partial charge in [-0.15, -0.1) is 0 Å². The lowest BCUT2D eigenvalue weighted by molar-refractivity contribution is -0.136. The monoisotopic (exact) mass is 423 g/mol. The molecule has 0 unspecified atom stereocenters. The van der Waals surface area contributed by atoms with E-state index in [2.05, 4.69) is 29.8 Å². The fraction of sp³-hybridized carbons (Fsp3) is 0.400. The normalized spacial score (nSPS) is 11.5. The average Bonchev–Trinajstić information content (AvgIpc) is 2.78. The van der Waals surface area contributed by atoms with Crippen LogP contribution in [0.2, 0.25) is 0 Å². The van der Waals surface area contributed by atoms with Gasteiger partial charge in [-0.2, -0.15) is 0 Å². The molecule has 2 aromatic carbocycles. The van der Waals surface area contributed by atoms with E-state index in [9.17, 15) is 14.4 Å². The van der Waals surface area contributed by atoms with Crippen molar-refractivity contribution < 1.29 is 14.4 Å². The van der Waals surface area contributed by atoms with Gasteiger partial charge in [0.25, 0.3) is 5.91 Å². The van der Waals surface area contributed by atoms with Gasteiger partial charge in [0, 0.05) is 13.1 Å². The van der Waals surface area contributed by atoms with E-state index in [-0.39, 0.29) is 5.91 Å². The molecule has 0 heterocycles. The summed E-state index contributed by atoms with van der Waals surface area (Å²) in [6.07, 6.45) is 4.18. The Morgan fingerprint density at radius 1 is 0.903 bits per heavy atom. The van der Waals surface area contributed by atoms with Gasteiger partial charge in [0.05, 0.1) is 11.3 Å². The average molecular weight is 424 g/mol. The quantitative estimate of drug-likeness (QED) is 0.501. The Hall–Kier alpha value is -3.15. The Balaban J connectivity index is 1.96. The molecule has 6 nitrogen and oxygen atoms in total. The standard InChI is InChI=1S/C25H33N3O3/c1-4-6-12-19(5-2)16-26-24(30)25(31)28-22-15-10-9-14-21(22)23(29)27-17-20-13-8-7-11-18(20)3/h7-11,13-15,19H,4-6,12,16-17H2,1-3H3,(H,26,30)(H,27,29)(H,28,31)/t19-/m1/s1. The number of benzene rings is 2. The van der Waals surface area contributed by atoms with E-state index in [4.69, 9.17) is 0 Å². The number of nitrogens with one attached hydrogen (secondary N) is 3. The lowest BCUT2D eigenvalue weighted by Crippen LogP contribution is -2.38. The molecule has 2 rings (SSSR count). The van der Waals surface area contributed by atoms with Crippen LogP contribution in [0.25, 0.3) is 0 Å². The number of anilines is 1. The van der Waals surface area contributed by atoms with Crippen LogP contribution in [0.15, 0.2) is 48.5 Å². The zero-order valence-corrected chi connectivity index (χ0v) is 18.7. The maximum absolute atomic E-state index is 12.7. The topological polar surface area (TPSA) is 87.3 Å². The van der Waals surface area contributed by atoms with Crippen molar-refractivity contribution >= 4 is 23.4 Å². The molecule has 1 atom stereocenters. The summed E-state index contributed by atoms with van der Waals surface area (Å²) in [5.41, 5.74) is 2.73. The minimum atomic E-state index is -0.774. The Bertz CT molecular complexity index is 895. The number of rotatable bonds is 10. The third-order valence-corrected chi connectivity index (χ3v) is 5.42. The second-order valence-electron chi connectivity index (χ2n) is 7.74. The molecule has 3 amide bonds. The maximum atomic E-state index is 12.7. The van der Waals surface area contributed by atoms with E-state index in [0.717, 1.165) is 36.8 Å². The molecule has 0 aliphatic heterocycles. The van der Waals surface area contributed by atoms with Crippen LogP contribution in [0.1, 0.15) is 61.0 Å². The molecule has 2 aromatic rings. The van der Waals surface area contributed by atoms with Crippen molar-refractivity contribution in [2.45, 2.75) is 53.0 Å². The SMILES string of the molecule is CCCC[C@@H](CC)CNC(=O)C(=O)Nc1ccccc1C(=O)NCc1ccccc1C. The first-order valence-corrected chi connectivity index (χ1v) is 11.0. The molecule has 0 bridgehead atoms. The van der Waals surface area contributed by atoms with Crippen LogP contribution in [0.4, 0.5) is 5.69 Å². The molecule has 0 saturated carbocycles. The summed E-state index contributed by atoms with van der Waals surface area (Å²) in [5, 5.41) is 8.16. The van der Waals surface area contributed by atoms with E-state index in [1.165, 1.54) is 0 Å². The van der Waals surface area contributed by atoms with Gasteiger partial charge < -0.3 is 16.0 Å². The van der Waals surface area contributed by atoms with Gasteiger partial charge in [0.15, 0.2) is 0 Å². The summed E-state index contributed by atoms with van der Waals surface area (Å²) in [6.45, 7) is 7.05. The predicted octanol–water partition coefficient (Wildman–Crippen LogP) is 4.20. The second-order valence-corrected chi connectivity index (χ2v) is 7.74. The van der Waals surface area contributed by atoms with Crippen molar-refractivity contribution in [3.63, 3.8) is 0 Å². The largest absolute Gasteiger partial charge is 0.348 e. The van der Waals surface area contributed by atoms with Gasteiger partial charge in [-0.3, -0.25) is 14.4 Å². The minimum Gasteiger partial charge on any atom is -0.348 e. The summed E-state index contributed by atoms with van der Waals surface area (Å²) in [5.74, 6) is -1.42. The Morgan fingerprint density at radius 3 is 2.32 bits per heavy atom. The highest BCUT2D eigenvalue weighted by atomic mass is 16.2. The summed E-state index contributed by atoms with van der Waals surface area (Å²) in [6, 6.07) is 14.5. The molecule has 0 aliphatic rings. The molecule has 0 aliphatic carbocycles. The highest BCUT2D eigenvalue weighted by Crippen LogP contribution is 2.16. The molecule has 31 heavy (non-hydrogen) atoms. The number of aryl methyl sites for hydroxylation is 1. The van der Waals surface area contributed by atoms with Crippen molar-refractivity contribution in [1.82, 2.24) is 10.6 Å². The minimum absolute atomic E-state index is 0.308. The van der Waals surface area contributed by atoms with Crippen LogP contribution >= 0.6 is 0 Å². The molecule has 0 aromatic heterocycles. The first-order chi connectivity index (χ1) is 15.0. The van der Waals surface area contributed by atoms with Crippen molar-refractivity contribution in [2.24, 2.45) is 5.92 Å². The number of unbranched alkanes of at least 4 members (excludes halogenated alkanes) is 1. The van der Waals surface area contributed by atoms with E-state index in [1.807, 2.05) is 31.2 Å². The van der Waals surface area contributed by atoms with Gasteiger partial charge in [-0.05, 0) is 42.5 Å². The molecule has 6 heteroatoms. The third kappa shape index (κ3) is 7.55. The van der Waals surface area contributed by atoms with Crippen LogP contribution in [-0.4, -0.2) is 24.3 Å². The Morgan fingerprint density at radius 2 is 1.61 bits per heavy atom. The zero-order valence-electron chi connectivity index (χ0n) is 18.7. The number of hydrogen-bond acceptors (Lipinski definition) is 3. The van der Waals surface area contributed by atoms with Gasteiger partial charge in [-0.25, -0.2) is 0 Å². The maximum Gasteiger partial charge on any atom is 0.313 e. The molecule has 166 valence electrons. The fourth-order valence-electron chi connectivity index (χ4n) is 3.31. The van der Waals surface area contributed by atoms with Gasteiger partial charge >= 0.3 is 11.8 Å². The van der Waals surface area contributed by atoms with Gasteiger partial charge in [0.1, 0.15) is 0 Å². The van der Waals surface area contributed by atoms with Crippen LogP contribution in [0.3, 0.4) is 0 Å². The van der Waals surface area contributed by atoms with Crippen molar-refractivity contribution in [2.75, 3.05) is 11.9 Å². The number of para-hydroxylation sites is 1. The van der Waals surface area contributed by atoms with Crippen LogP contribution in [0, 0.1) is 12.8 Å². The van der Waals surface area contributed by atoms with Crippen molar-refractivity contribution in [3.8, 4) is 0 Å². The van der Waals surface area contributed by atoms with E-state index >= 15 is 0 Å². The smallest absolute Gasteiger partial charge is 0.313 e. The van der Waals surface area contributed by atoms with E-state index < -0.39 is 11.8 Å². The first kappa shape index (κ1) is 24.1. The van der Waals surface area contributed by atoms with Gasteiger partial charge in [-0.1, -0.05) is 69.5 Å². The number of hydrogen-bond donors (Lipinski definition) is 3. The van der Waals surface area contributed by atoms with E-state index in [0.29, 0.717) is 30.3 Å². The molecular formula is C25H33N3O3. The highest BCUT2D eigenvalue weighted by molar-refractivity contribution is 6.40. The Labute approximate surface area is 184 Å². The molecule has 0 saturated heterocycles. The number of amides is 3. The summed E-state index contributed by atoms with van der Waals surface area (Å²) >= 11 is 0. The molecular weight excluding hydrogens is 390 g/mol. The van der Waals surface area contributed by atoms with Gasteiger partial charge in [0.2, 0.25) is 0 Å². The van der Waals surface area contributed by atoms with Crippen LogP contribution in [0.5, 0.6) is 0 Å². The van der Waals surface area contributed by atoms with Crippen LogP contribution in [-0.2, 0) is 16.1 Å². The second kappa shape index (κ2) is 12.5. The molecule has 0 spiro atoms. The molecule has 0 radical (unpaired) electrons. The summed E-state index contributed by atoms with van der Waals surface area (Å²) in [7, 11) is 0.